The lowest BCUT2D eigenvalue weighted by Gasteiger charge is -2.17. The molecule has 0 radical (unpaired) electrons. The lowest BCUT2D eigenvalue weighted by molar-refractivity contribution is 0.0666. The molecule has 0 atom stereocenters. The molecule has 0 aliphatic heterocycles. The Morgan fingerprint density at radius 2 is 1.96 bits per heavy atom. The van der Waals surface area contributed by atoms with Gasteiger partial charge in [0, 0.05) is 29.5 Å². The van der Waals surface area contributed by atoms with Crippen LogP contribution in [0.4, 0.5) is 11.4 Å². The number of benzene rings is 2. The number of aryl methyl sites for hydroxylation is 1. The summed E-state index contributed by atoms with van der Waals surface area (Å²) in [5.41, 5.74) is 11.0. The third-order valence-corrected chi connectivity index (χ3v) is 4.62. The number of hydrogen-bond donors (Lipinski definition) is 2. The highest BCUT2D eigenvalue weighted by molar-refractivity contribution is 5.99. The summed E-state index contributed by atoms with van der Waals surface area (Å²) in [6.07, 6.45) is 2.75. The van der Waals surface area contributed by atoms with E-state index < -0.39 is 5.60 Å². The molecule has 4 nitrogen and oxygen atoms in total. The van der Waals surface area contributed by atoms with Gasteiger partial charge in [-0.2, -0.15) is 0 Å². The number of fused-ring (bicyclic) bond motifs is 1. The molecule has 1 aromatic heterocycles. The molecule has 0 amide bonds. The molecule has 3 rings (SSSR count). The van der Waals surface area contributed by atoms with Crippen molar-refractivity contribution in [1.29, 1.82) is 0 Å². The van der Waals surface area contributed by atoms with E-state index in [0.29, 0.717) is 18.7 Å². The van der Waals surface area contributed by atoms with Crippen LogP contribution in [0, 0.1) is 13.5 Å². The minimum Gasteiger partial charge on any atom is -0.398 e. The molecule has 0 fully saturated rings. The van der Waals surface area contributed by atoms with Gasteiger partial charge < -0.3 is 15.4 Å². The average molecular weight is 333 g/mol. The van der Waals surface area contributed by atoms with Crippen LogP contribution in [-0.2, 0) is 6.54 Å². The zero-order valence-corrected chi connectivity index (χ0v) is 14.9. The summed E-state index contributed by atoms with van der Waals surface area (Å²) in [5, 5.41) is 11.1. The van der Waals surface area contributed by atoms with Gasteiger partial charge in [0.15, 0.2) is 5.69 Å². The van der Waals surface area contributed by atoms with Gasteiger partial charge in [0.25, 0.3) is 0 Å². The minimum atomic E-state index is -0.722. The largest absolute Gasteiger partial charge is 0.398 e. The summed E-state index contributed by atoms with van der Waals surface area (Å²) < 4.78 is 2.15. The van der Waals surface area contributed by atoms with Gasteiger partial charge in [-0.15, -0.1) is 0 Å². The van der Waals surface area contributed by atoms with Gasteiger partial charge in [-0.3, -0.25) is 0 Å². The minimum absolute atomic E-state index is 0.621. The number of aliphatic hydroxyl groups is 1. The summed E-state index contributed by atoms with van der Waals surface area (Å²) >= 11 is 0. The fraction of sp³-hybridized carbons (Fsp3) is 0.286. The lowest BCUT2D eigenvalue weighted by Crippen LogP contribution is -2.20. The molecule has 0 aliphatic carbocycles. The van der Waals surface area contributed by atoms with Gasteiger partial charge in [-0.05, 0) is 61.9 Å². The van der Waals surface area contributed by atoms with Crippen molar-refractivity contribution >= 4 is 22.3 Å². The summed E-state index contributed by atoms with van der Waals surface area (Å²) in [6, 6.07) is 11.7. The molecule has 0 spiro atoms. The molecule has 0 saturated carbocycles. The van der Waals surface area contributed by atoms with E-state index in [4.69, 9.17) is 12.3 Å². The Kier molecular flexibility index (Phi) is 4.28. The second kappa shape index (κ2) is 6.27. The maximum Gasteiger partial charge on any atom is 0.188 e. The van der Waals surface area contributed by atoms with Crippen molar-refractivity contribution in [2.45, 2.75) is 39.3 Å². The first kappa shape index (κ1) is 17.1. The van der Waals surface area contributed by atoms with Crippen LogP contribution in [0.5, 0.6) is 0 Å². The number of hydrogen-bond acceptors (Lipinski definition) is 2. The van der Waals surface area contributed by atoms with Gasteiger partial charge in [-0.1, -0.05) is 18.2 Å². The highest BCUT2D eigenvalue weighted by Gasteiger charge is 2.17. The Labute approximate surface area is 148 Å². The van der Waals surface area contributed by atoms with Crippen LogP contribution in [-0.4, -0.2) is 15.3 Å². The summed E-state index contributed by atoms with van der Waals surface area (Å²) in [7, 11) is 0. The van der Waals surface area contributed by atoms with Crippen LogP contribution in [0.1, 0.15) is 25.8 Å². The van der Waals surface area contributed by atoms with E-state index >= 15 is 0 Å². The highest BCUT2D eigenvalue weighted by atomic mass is 16.3. The number of rotatable bonds is 4. The van der Waals surface area contributed by atoms with Gasteiger partial charge in [-0.25, -0.2) is 4.85 Å². The maximum atomic E-state index is 10.1. The standard InChI is InChI=1S/C21H23N3O/c1-14-16(6-5-7-19(14)22)18-13-24(11-10-21(2,3)25)20-9-8-15(23-4)12-17(18)20/h5-9,12-13,25H,10-11,22H2,1-3H3. The Morgan fingerprint density at radius 1 is 1.20 bits per heavy atom. The molecule has 1 heterocycles. The van der Waals surface area contributed by atoms with E-state index in [0.717, 1.165) is 33.3 Å². The molecule has 3 N–H and O–H groups in total. The van der Waals surface area contributed by atoms with Crippen molar-refractivity contribution in [3.05, 3.63) is 59.6 Å². The lowest BCUT2D eigenvalue weighted by atomic mass is 9.99. The van der Waals surface area contributed by atoms with E-state index in [-0.39, 0.29) is 0 Å². The quantitative estimate of drug-likeness (QED) is 0.526. The number of nitrogens with two attached hydrogens (primary N) is 1. The molecule has 4 heteroatoms. The first-order valence-electron chi connectivity index (χ1n) is 8.38. The van der Waals surface area contributed by atoms with Gasteiger partial charge in [0.2, 0.25) is 0 Å². The Morgan fingerprint density at radius 3 is 2.64 bits per heavy atom. The fourth-order valence-electron chi connectivity index (χ4n) is 3.09. The molecule has 3 aromatic rings. The number of anilines is 1. The SMILES string of the molecule is [C-]#[N+]c1ccc2c(c1)c(-c1cccc(N)c1C)cn2CCC(C)(C)O. The Bertz CT molecular complexity index is 971. The fourth-order valence-corrected chi connectivity index (χ4v) is 3.09. The van der Waals surface area contributed by atoms with Crippen LogP contribution in [0.2, 0.25) is 0 Å². The van der Waals surface area contributed by atoms with Gasteiger partial charge in [0.05, 0.1) is 12.2 Å². The molecule has 0 saturated heterocycles. The Hall–Kier alpha value is -2.77. The first-order valence-corrected chi connectivity index (χ1v) is 8.38. The zero-order chi connectivity index (χ0) is 18.2. The third-order valence-electron chi connectivity index (χ3n) is 4.62. The maximum absolute atomic E-state index is 10.1. The van der Waals surface area contributed by atoms with Gasteiger partial charge in [0.1, 0.15) is 0 Å². The predicted octanol–water partition coefficient (Wildman–Crippen LogP) is 4.91. The van der Waals surface area contributed by atoms with Crippen molar-refractivity contribution in [1.82, 2.24) is 4.57 Å². The third kappa shape index (κ3) is 3.38. The smallest absolute Gasteiger partial charge is 0.188 e. The summed E-state index contributed by atoms with van der Waals surface area (Å²) in [6.45, 7) is 13.7. The molecule has 128 valence electrons. The molecular weight excluding hydrogens is 310 g/mol. The number of nitrogen functional groups attached to an aromatic ring is 1. The Balaban J connectivity index is 2.20. The normalized spacial score (nSPS) is 11.6. The highest BCUT2D eigenvalue weighted by Crippen LogP contribution is 2.36. The monoisotopic (exact) mass is 333 g/mol. The molecule has 2 aromatic carbocycles. The zero-order valence-electron chi connectivity index (χ0n) is 14.9. The van der Waals surface area contributed by atoms with Crippen LogP contribution in [0.25, 0.3) is 26.9 Å². The molecular formula is C21H23N3O. The molecule has 0 aliphatic rings. The van der Waals surface area contributed by atoms with E-state index in [1.54, 1.807) is 0 Å². The average Bonchev–Trinajstić information content (AvgIpc) is 2.92. The van der Waals surface area contributed by atoms with E-state index in [1.807, 2.05) is 51.1 Å². The van der Waals surface area contributed by atoms with Crippen molar-refractivity contribution in [3.8, 4) is 11.1 Å². The van der Waals surface area contributed by atoms with E-state index in [2.05, 4.69) is 21.7 Å². The molecule has 0 unspecified atom stereocenters. The van der Waals surface area contributed by atoms with Crippen LogP contribution < -0.4 is 5.73 Å². The van der Waals surface area contributed by atoms with E-state index in [1.165, 1.54) is 0 Å². The summed E-state index contributed by atoms with van der Waals surface area (Å²) in [4.78, 5) is 3.57. The van der Waals surface area contributed by atoms with Crippen molar-refractivity contribution < 1.29 is 5.11 Å². The topological polar surface area (TPSA) is 55.5 Å². The van der Waals surface area contributed by atoms with Crippen LogP contribution in [0.3, 0.4) is 0 Å². The molecule has 0 bridgehead atoms. The van der Waals surface area contributed by atoms with Crippen LogP contribution in [0.15, 0.2) is 42.6 Å². The van der Waals surface area contributed by atoms with Crippen molar-refractivity contribution in [2.24, 2.45) is 0 Å². The van der Waals surface area contributed by atoms with Gasteiger partial charge >= 0.3 is 0 Å². The van der Waals surface area contributed by atoms with Crippen molar-refractivity contribution in [2.75, 3.05) is 5.73 Å². The second-order valence-electron chi connectivity index (χ2n) is 7.13. The number of aromatic nitrogens is 1. The van der Waals surface area contributed by atoms with Crippen molar-refractivity contribution in [3.63, 3.8) is 0 Å². The summed E-state index contributed by atoms with van der Waals surface area (Å²) in [5.74, 6) is 0. The predicted molar refractivity (Wildman–Crippen MR) is 104 cm³/mol. The second-order valence-corrected chi connectivity index (χ2v) is 7.13. The molecule has 25 heavy (non-hydrogen) atoms. The number of nitrogens with zero attached hydrogens (tertiary/aromatic N) is 2. The van der Waals surface area contributed by atoms with Crippen LogP contribution >= 0.6 is 0 Å². The first-order chi connectivity index (χ1) is 11.8. The van der Waals surface area contributed by atoms with E-state index in [9.17, 15) is 5.11 Å².